The van der Waals surface area contributed by atoms with Crippen LogP contribution < -0.4 is 0 Å². The van der Waals surface area contributed by atoms with Gasteiger partial charge < -0.3 is 5.11 Å². The van der Waals surface area contributed by atoms with Crippen LogP contribution >= 0.6 is 0 Å². The summed E-state index contributed by atoms with van der Waals surface area (Å²) in [4.78, 5) is 10.8. The van der Waals surface area contributed by atoms with Crippen molar-refractivity contribution in [2.75, 3.05) is 0 Å². The van der Waals surface area contributed by atoms with Gasteiger partial charge in [0.05, 0.1) is 5.92 Å². The van der Waals surface area contributed by atoms with Crippen LogP contribution in [-0.2, 0) is 27.2 Å². The topological polar surface area (TPSA) is 37.3 Å². The molecule has 81 valence electrons. The van der Waals surface area contributed by atoms with Crippen LogP contribution in [0, 0.1) is 11.8 Å². The Balaban J connectivity index is 0.00000144. The first kappa shape index (κ1) is 13.2. The molecule has 0 aromatic rings. The Kier molecular flexibility index (Phi) is 6.74. The van der Waals surface area contributed by atoms with E-state index in [2.05, 4.69) is 0 Å². The summed E-state index contributed by atoms with van der Waals surface area (Å²) in [6, 6.07) is 0. The largest absolute Gasteiger partial charge is 0.481 e. The van der Waals surface area contributed by atoms with Gasteiger partial charge in [-0.05, 0) is 25.2 Å². The van der Waals surface area contributed by atoms with Gasteiger partial charge >= 0.3 is 5.97 Å². The molecule has 0 aliphatic heterocycles. The van der Waals surface area contributed by atoms with E-state index in [1.807, 2.05) is 6.92 Å². The molecule has 1 N–H and O–H groups in total. The summed E-state index contributed by atoms with van der Waals surface area (Å²) in [6.07, 6.45) is 6.81. The molecule has 0 saturated heterocycles. The molecule has 1 aliphatic rings. The van der Waals surface area contributed by atoms with E-state index in [-0.39, 0.29) is 28.3 Å². The van der Waals surface area contributed by atoms with Crippen LogP contribution in [-0.4, -0.2) is 11.1 Å². The minimum atomic E-state index is -0.593. The Bertz CT molecular complexity index is 153. The van der Waals surface area contributed by atoms with E-state index < -0.39 is 5.97 Å². The molecule has 0 amide bonds. The first-order chi connectivity index (χ1) is 5.75. The Morgan fingerprint density at radius 2 is 1.92 bits per heavy atom. The van der Waals surface area contributed by atoms with E-state index in [1.54, 1.807) is 0 Å². The van der Waals surface area contributed by atoms with E-state index >= 15 is 0 Å². The Morgan fingerprint density at radius 1 is 1.38 bits per heavy atom. The molecule has 3 heteroatoms. The molecule has 1 saturated carbocycles. The second-order valence-electron chi connectivity index (χ2n) is 3.75. The minimum absolute atomic E-state index is 0. The van der Waals surface area contributed by atoms with Crippen LogP contribution in [0.1, 0.15) is 45.4 Å². The van der Waals surface area contributed by atoms with Crippen molar-refractivity contribution in [3.63, 3.8) is 0 Å². The third kappa shape index (κ3) is 3.84. The molecule has 2 nitrogen and oxygen atoms in total. The van der Waals surface area contributed by atoms with Crippen molar-refractivity contribution < 1.29 is 32.3 Å². The summed E-state index contributed by atoms with van der Waals surface area (Å²) in [6.45, 7) is 1.98. The van der Waals surface area contributed by atoms with Crippen LogP contribution in [0.5, 0.6) is 0 Å². The molecule has 1 unspecified atom stereocenters. The number of hydrogen-bond acceptors (Lipinski definition) is 1. The van der Waals surface area contributed by atoms with Crippen molar-refractivity contribution in [1.82, 2.24) is 0 Å². The second-order valence-corrected chi connectivity index (χ2v) is 3.75. The molecule has 13 heavy (non-hydrogen) atoms. The van der Waals surface area contributed by atoms with E-state index in [0.29, 0.717) is 5.92 Å². The number of aliphatic carboxylic acids is 1. The third-order valence-electron chi connectivity index (χ3n) is 2.98. The molecule has 1 aliphatic carbocycles. The molecule has 0 heterocycles. The van der Waals surface area contributed by atoms with Gasteiger partial charge in [0, 0.05) is 22.4 Å². The maximum Gasteiger partial charge on any atom is 0.306 e. The molecule has 0 spiro atoms. The number of hydrogen-bond donors (Lipinski definition) is 1. The van der Waals surface area contributed by atoms with E-state index in [4.69, 9.17) is 5.11 Å². The second kappa shape index (κ2) is 6.63. The third-order valence-corrected chi connectivity index (χ3v) is 2.98. The van der Waals surface area contributed by atoms with Crippen molar-refractivity contribution in [2.45, 2.75) is 45.4 Å². The summed E-state index contributed by atoms with van der Waals surface area (Å²) in [5.41, 5.74) is 0. The predicted octanol–water partition coefficient (Wildman–Crippen LogP) is 2.68. The van der Waals surface area contributed by atoms with Gasteiger partial charge in [-0.3, -0.25) is 4.79 Å². The number of carboxylic acid groups (broad SMARTS) is 1. The molecule has 1 radical (unpaired) electrons. The summed E-state index contributed by atoms with van der Waals surface area (Å²) in [5.74, 6) is -0.212. The van der Waals surface area contributed by atoms with Crippen LogP contribution in [0.25, 0.3) is 0 Å². The van der Waals surface area contributed by atoms with Gasteiger partial charge in [0.1, 0.15) is 0 Å². The summed E-state index contributed by atoms with van der Waals surface area (Å²) >= 11 is 0. The first-order valence-electron chi connectivity index (χ1n) is 4.98. The van der Waals surface area contributed by atoms with Crippen molar-refractivity contribution >= 4 is 5.97 Å². The molecule has 0 aromatic carbocycles. The van der Waals surface area contributed by atoms with Crippen LogP contribution in [0.3, 0.4) is 0 Å². The standard InChI is InChI=1S/C10H18O2.Ag/c1-2-9(10(11)12)8-6-4-3-5-7-8;/h8-9H,2-7H2,1H3,(H,11,12);. The average molecular weight is 278 g/mol. The van der Waals surface area contributed by atoms with Gasteiger partial charge in [-0.15, -0.1) is 0 Å². The fourth-order valence-electron chi connectivity index (χ4n) is 2.25. The van der Waals surface area contributed by atoms with Crippen LogP contribution in [0.15, 0.2) is 0 Å². The van der Waals surface area contributed by atoms with Crippen molar-refractivity contribution in [1.29, 1.82) is 0 Å². The van der Waals surface area contributed by atoms with Gasteiger partial charge in [-0.25, -0.2) is 0 Å². The smallest absolute Gasteiger partial charge is 0.306 e. The Morgan fingerprint density at radius 3 is 2.31 bits per heavy atom. The molecule has 1 atom stereocenters. The van der Waals surface area contributed by atoms with Gasteiger partial charge in [-0.1, -0.05) is 26.2 Å². The normalized spacial score (nSPS) is 20.4. The van der Waals surface area contributed by atoms with Gasteiger partial charge in [0.25, 0.3) is 0 Å². The van der Waals surface area contributed by atoms with Crippen molar-refractivity contribution in [2.24, 2.45) is 11.8 Å². The van der Waals surface area contributed by atoms with Crippen molar-refractivity contribution in [3.8, 4) is 0 Å². The maximum atomic E-state index is 10.8. The average Bonchev–Trinajstić information content (AvgIpc) is 2.07. The zero-order chi connectivity index (χ0) is 8.97. The molecule has 1 rings (SSSR count). The first-order valence-corrected chi connectivity index (χ1v) is 4.98. The zero-order valence-corrected chi connectivity index (χ0v) is 9.54. The van der Waals surface area contributed by atoms with Crippen molar-refractivity contribution in [3.05, 3.63) is 0 Å². The summed E-state index contributed by atoms with van der Waals surface area (Å²) in [7, 11) is 0. The minimum Gasteiger partial charge on any atom is -0.481 e. The van der Waals surface area contributed by atoms with Crippen LogP contribution in [0.2, 0.25) is 0 Å². The molecule has 0 aromatic heterocycles. The van der Waals surface area contributed by atoms with Gasteiger partial charge in [-0.2, -0.15) is 0 Å². The molecule has 0 bridgehead atoms. The van der Waals surface area contributed by atoms with E-state index in [1.165, 1.54) is 19.3 Å². The van der Waals surface area contributed by atoms with Gasteiger partial charge in [0.2, 0.25) is 0 Å². The number of carbonyl (C=O) groups is 1. The maximum absolute atomic E-state index is 10.8. The molecule has 1 fully saturated rings. The number of carboxylic acids is 1. The monoisotopic (exact) mass is 277 g/mol. The van der Waals surface area contributed by atoms with Crippen LogP contribution in [0.4, 0.5) is 0 Å². The molecular weight excluding hydrogens is 260 g/mol. The predicted molar refractivity (Wildman–Crippen MR) is 48.0 cm³/mol. The summed E-state index contributed by atoms with van der Waals surface area (Å²) < 4.78 is 0. The van der Waals surface area contributed by atoms with Gasteiger partial charge in [0.15, 0.2) is 0 Å². The zero-order valence-electron chi connectivity index (χ0n) is 8.05. The SMILES string of the molecule is CCC(C(=O)O)C1CCCCC1.[Ag]. The Labute approximate surface area is 95.6 Å². The quantitative estimate of drug-likeness (QED) is 0.806. The van der Waals surface area contributed by atoms with E-state index in [0.717, 1.165) is 19.3 Å². The molecular formula is C10H18AgO2. The Hall–Kier alpha value is 0.210. The fourth-order valence-corrected chi connectivity index (χ4v) is 2.25. The fraction of sp³-hybridized carbons (Fsp3) is 0.900. The summed E-state index contributed by atoms with van der Waals surface area (Å²) in [5, 5.41) is 8.93. The number of rotatable bonds is 3. The van der Waals surface area contributed by atoms with E-state index in [9.17, 15) is 4.79 Å².